The molecular weight excluding hydrogens is 342 g/mol. The third-order valence-corrected chi connectivity index (χ3v) is 5.96. The smallest absolute Gasteiger partial charge is 0.281 e. The van der Waals surface area contributed by atoms with E-state index in [2.05, 4.69) is 5.32 Å². The highest BCUT2D eigenvalue weighted by molar-refractivity contribution is 7.86. The van der Waals surface area contributed by atoms with Crippen LogP contribution in [0.15, 0.2) is 24.3 Å². The summed E-state index contributed by atoms with van der Waals surface area (Å²) in [7, 11) is -0.504. The summed E-state index contributed by atoms with van der Waals surface area (Å²) >= 11 is 0. The summed E-state index contributed by atoms with van der Waals surface area (Å²) in [5.74, 6) is 0.0495. The number of amides is 1. The minimum atomic E-state index is -3.50. The Hall–Kier alpha value is -1.64. The van der Waals surface area contributed by atoms with Gasteiger partial charge in [-0.2, -0.15) is 17.0 Å². The van der Waals surface area contributed by atoms with Crippen molar-refractivity contribution in [2.75, 3.05) is 32.5 Å². The van der Waals surface area contributed by atoms with Gasteiger partial charge in [-0.15, -0.1) is 0 Å². The molecule has 7 nitrogen and oxygen atoms in total. The molecule has 25 heavy (non-hydrogen) atoms. The van der Waals surface area contributed by atoms with Crippen LogP contribution in [0.2, 0.25) is 0 Å². The highest BCUT2D eigenvalue weighted by Crippen LogP contribution is 2.27. The summed E-state index contributed by atoms with van der Waals surface area (Å²) in [6.45, 7) is 4.48. The van der Waals surface area contributed by atoms with E-state index < -0.39 is 10.2 Å². The van der Waals surface area contributed by atoms with Crippen molar-refractivity contribution < 1.29 is 17.9 Å². The molecule has 8 heteroatoms. The van der Waals surface area contributed by atoms with Crippen LogP contribution in [-0.2, 0) is 15.0 Å². The van der Waals surface area contributed by atoms with E-state index in [1.165, 1.54) is 22.7 Å². The van der Waals surface area contributed by atoms with Crippen molar-refractivity contribution in [3.05, 3.63) is 24.3 Å². The van der Waals surface area contributed by atoms with Gasteiger partial charge >= 0.3 is 0 Å². The first-order valence-electron chi connectivity index (χ1n) is 8.46. The second kappa shape index (κ2) is 8.16. The lowest BCUT2D eigenvalue weighted by atomic mass is 9.98. The summed E-state index contributed by atoms with van der Waals surface area (Å²) in [6, 6.07) is 7.26. The molecule has 0 unspecified atom stereocenters. The summed E-state index contributed by atoms with van der Waals surface area (Å²) in [6.07, 6.45) is 1.32. The number of carbonyl (C=O) groups excluding carboxylic acids is 1. The number of carbonyl (C=O) groups is 1. The van der Waals surface area contributed by atoms with Crippen LogP contribution in [0.4, 0.5) is 5.69 Å². The lowest BCUT2D eigenvalue weighted by Gasteiger charge is -2.32. The lowest BCUT2D eigenvalue weighted by molar-refractivity contribution is -0.120. The zero-order valence-corrected chi connectivity index (χ0v) is 16.0. The summed E-state index contributed by atoms with van der Waals surface area (Å²) in [4.78, 5) is 12.6. The number of rotatable bonds is 6. The molecule has 1 amide bonds. The molecule has 140 valence electrons. The molecule has 0 saturated carbocycles. The van der Waals surface area contributed by atoms with Crippen molar-refractivity contribution in [3.8, 4) is 5.75 Å². The molecule has 0 spiro atoms. The second-order valence-corrected chi connectivity index (χ2v) is 8.78. The van der Waals surface area contributed by atoms with Gasteiger partial charge in [-0.1, -0.05) is 12.1 Å². The minimum absolute atomic E-state index is 0.00606. The van der Waals surface area contributed by atoms with E-state index in [1.54, 1.807) is 12.1 Å². The SMILES string of the molecule is CC(C)Oc1ccccc1NC(=O)[C@H]1CCCN(S(=O)(=O)N(C)C)C1. The molecule has 1 aromatic rings. The molecule has 0 radical (unpaired) electrons. The molecule has 1 atom stereocenters. The standard InChI is InChI=1S/C17H27N3O4S/c1-13(2)24-16-10-6-5-9-15(16)18-17(21)14-8-7-11-20(12-14)25(22,23)19(3)4/h5-6,9-10,13-14H,7-8,11-12H2,1-4H3,(H,18,21)/t14-/m0/s1. The number of hydrogen-bond donors (Lipinski definition) is 1. The molecular formula is C17H27N3O4S. The van der Waals surface area contributed by atoms with E-state index in [4.69, 9.17) is 4.74 Å². The van der Waals surface area contributed by atoms with E-state index in [0.29, 0.717) is 30.8 Å². The van der Waals surface area contributed by atoms with Gasteiger partial charge in [-0.3, -0.25) is 4.79 Å². The quantitative estimate of drug-likeness (QED) is 0.831. The summed E-state index contributed by atoms with van der Waals surface area (Å²) in [5, 5.41) is 2.89. The van der Waals surface area contributed by atoms with Crippen LogP contribution in [0, 0.1) is 5.92 Å². The Morgan fingerprint density at radius 3 is 2.64 bits per heavy atom. The maximum Gasteiger partial charge on any atom is 0.281 e. The highest BCUT2D eigenvalue weighted by atomic mass is 32.2. The lowest BCUT2D eigenvalue weighted by Crippen LogP contribution is -2.47. The number of hydrogen-bond acceptors (Lipinski definition) is 4. The number of benzene rings is 1. The highest BCUT2D eigenvalue weighted by Gasteiger charge is 2.33. The maximum atomic E-state index is 12.6. The first-order chi connectivity index (χ1) is 11.7. The van der Waals surface area contributed by atoms with E-state index in [0.717, 1.165) is 0 Å². The number of anilines is 1. The van der Waals surface area contributed by atoms with E-state index in [1.807, 2.05) is 26.0 Å². The molecule has 0 aromatic heterocycles. The molecule has 1 heterocycles. The Labute approximate surface area is 150 Å². The average molecular weight is 369 g/mol. The Bertz CT molecular complexity index is 704. The fourth-order valence-corrected chi connectivity index (χ4v) is 3.95. The van der Waals surface area contributed by atoms with Crippen molar-refractivity contribution in [1.29, 1.82) is 0 Å². The van der Waals surface area contributed by atoms with Crippen LogP contribution >= 0.6 is 0 Å². The van der Waals surface area contributed by atoms with Gasteiger partial charge in [0.25, 0.3) is 10.2 Å². The number of para-hydroxylation sites is 2. The number of ether oxygens (including phenoxy) is 1. The summed E-state index contributed by atoms with van der Waals surface area (Å²) in [5.41, 5.74) is 0.605. The molecule has 1 fully saturated rings. The molecule has 1 aliphatic rings. The molecule has 0 aliphatic carbocycles. The van der Waals surface area contributed by atoms with Crippen LogP contribution in [0.5, 0.6) is 5.75 Å². The molecule has 1 aromatic carbocycles. The van der Waals surface area contributed by atoms with Gasteiger partial charge in [-0.25, -0.2) is 0 Å². The van der Waals surface area contributed by atoms with E-state index >= 15 is 0 Å². The Balaban J connectivity index is 2.09. The van der Waals surface area contributed by atoms with E-state index in [-0.39, 0.29) is 24.5 Å². The summed E-state index contributed by atoms with van der Waals surface area (Å²) < 4.78 is 32.8. The first kappa shape index (κ1) is 19.7. The van der Waals surface area contributed by atoms with Gasteiger partial charge in [-0.05, 0) is 38.8 Å². The van der Waals surface area contributed by atoms with Crippen molar-refractivity contribution in [2.45, 2.75) is 32.8 Å². The van der Waals surface area contributed by atoms with Gasteiger partial charge < -0.3 is 10.1 Å². The third kappa shape index (κ3) is 4.93. The third-order valence-electron chi connectivity index (χ3n) is 4.05. The number of nitrogens with one attached hydrogen (secondary N) is 1. The van der Waals surface area contributed by atoms with Crippen LogP contribution in [0.3, 0.4) is 0 Å². The maximum absolute atomic E-state index is 12.6. The fourth-order valence-electron chi connectivity index (χ4n) is 2.76. The van der Waals surface area contributed by atoms with Gasteiger partial charge in [0.2, 0.25) is 5.91 Å². The second-order valence-electron chi connectivity index (χ2n) is 6.64. The predicted molar refractivity (Wildman–Crippen MR) is 97.7 cm³/mol. The fraction of sp³-hybridized carbons (Fsp3) is 0.588. The van der Waals surface area contributed by atoms with Gasteiger partial charge in [0.15, 0.2) is 0 Å². The normalized spacial score (nSPS) is 19.2. The molecule has 1 N–H and O–H groups in total. The minimum Gasteiger partial charge on any atom is -0.489 e. The Morgan fingerprint density at radius 1 is 1.32 bits per heavy atom. The molecule has 2 rings (SSSR count). The largest absolute Gasteiger partial charge is 0.489 e. The van der Waals surface area contributed by atoms with Gasteiger partial charge in [0.1, 0.15) is 5.75 Å². The van der Waals surface area contributed by atoms with Gasteiger partial charge in [0, 0.05) is 27.2 Å². The molecule has 1 saturated heterocycles. The van der Waals surface area contributed by atoms with Crippen molar-refractivity contribution in [1.82, 2.24) is 8.61 Å². The number of nitrogens with zero attached hydrogens (tertiary/aromatic N) is 2. The Kier molecular flexibility index (Phi) is 6.42. The van der Waals surface area contributed by atoms with Crippen LogP contribution < -0.4 is 10.1 Å². The monoisotopic (exact) mass is 369 g/mol. The van der Waals surface area contributed by atoms with Crippen LogP contribution in [0.25, 0.3) is 0 Å². The zero-order valence-electron chi connectivity index (χ0n) is 15.2. The average Bonchev–Trinajstić information content (AvgIpc) is 2.56. The van der Waals surface area contributed by atoms with Crippen LogP contribution in [-0.4, -0.2) is 56.2 Å². The van der Waals surface area contributed by atoms with Crippen molar-refractivity contribution >= 4 is 21.8 Å². The van der Waals surface area contributed by atoms with Crippen LogP contribution in [0.1, 0.15) is 26.7 Å². The molecule has 1 aliphatic heterocycles. The van der Waals surface area contributed by atoms with E-state index in [9.17, 15) is 13.2 Å². The molecule has 0 bridgehead atoms. The van der Waals surface area contributed by atoms with Gasteiger partial charge in [0.05, 0.1) is 17.7 Å². The number of piperidine rings is 1. The Morgan fingerprint density at radius 2 is 2.00 bits per heavy atom. The topological polar surface area (TPSA) is 79.0 Å². The van der Waals surface area contributed by atoms with Crippen molar-refractivity contribution in [2.24, 2.45) is 5.92 Å². The zero-order chi connectivity index (χ0) is 18.6. The predicted octanol–water partition coefficient (Wildman–Crippen LogP) is 1.93. The van der Waals surface area contributed by atoms with Crippen molar-refractivity contribution in [3.63, 3.8) is 0 Å². The first-order valence-corrected chi connectivity index (χ1v) is 9.85.